The van der Waals surface area contributed by atoms with E-state index in [0.717, 1.165) is 12.8 Å². The van der Waals surface area contributed by atoms with Gasteiger partial charge in [0.1, 0.15) is 11.5 Å². The van der Waals surface area contributed by atoms with Crippen molar-refractivity contribution in [2.24, 2.45) is 21.3 Å². The number of benzene rings is 1. The second kappa shape index (κ2) is 5.21. The predicted molar refractivity (Wildman–Crippen MR) is 89.7 cm³/mol. The number of phenolic OH excluding ortho intramolecular Hbond substituents is 2. The first kappa shape index (κ1) is 16.8. The lowest BCUT2D eigenvalue weighted by Crippen LogP contribution is -2.45. The molecule has 0 aliphatic heterocycles. The van der Waals surface area contributed by atoms with Gasteiger partial charge in [-0.05, 0) is 42.2 Å². The summed E-state index contributed by atoms with van der Waals surface area (Å²) in [6.45, 7) is 6.15. The Morgan fingerprint density at radius 3 is 2.54 bits per heavy atom. The van der Waals surface area contributed by atoms with Gasteiger partial charge in [-0.15, -0.1) is 0 Å². The molecule has 130 valence electrons. The van der Waals surface area contributed by atoms with Gasteiger partial charge in [-0.25, -0.2) is 5.43 Å². The molecule has 2 saturated carbocycles. The van der Waals surface area contributed by atoms with Crippen molar-refractivity contribution in [3.8, 4) is 11.5 Å². The number of fused-ring (bicyclic) bond motifs is 2. The van der Waals surface area contributed by atoms with Gasteiger partial charge in [0.25, 0.3) is 0 Å². The van der Waals surface area contributed by atoms with Gasteiger partial charge in [-0.3, -0.25) is 4.79 Å². The highest BCUT2D eigenvalue weighted by Gasteiger charge is 2.72. The number of phenols is 2. The number of nitrogens with zero attached hydrogens (tertiary/aromatic N) is 1. The fourth-order valence-electron chi connectivity index (χ4n) is 4.54. The lowest BCUT2D eigenvalue weighted by Gasteiger charge is -2.39. The number of amides is 1. The fraction of sp³-hybridized carbons (Fsp3) is 0.556. The molecule has 6 nitrogen and oxygen atoms in total. The standard InChI is InChI=1S/C18H24N2O4/c1-16(2)17(3)6-7-18(16,9-14(17)23)15(24)20-19-10-11-4-5-12(21)8-13(11)22/h4-5,8,10,14,21-23H,6-7,9H2,1-3H3,(H,20,24)/b19-10-/t14-,17+,18+/m0/s1. The molecule has 2 bridgehead atoms. The molecule has 1 aromatic rings. The van der Waals surface area contributed by atoms with Gasteiger partial charge >= 0.3 is 0 Å². The van der Waals surface area contributed by atoms with Gasteiger partial charge < -0.3 is 15.3 Å². The van der Waals surface area contributed by atoms with Crippen molar-refractivity contribution < 1.29 is 20.1 Å². The molecule has 0 heterocycles. The Hall–Kier alpha value is -2.08. The van der Waals surface area contributed by atoms with Crippen molar-refractivity contribution in [2.45, 2.75) is 46.1 Å². The van der Waals surface area contributed by atoms with E-state index in [2.05, 4.69) is 17.5 Å². The molecular weight excluding hydrogens is 308 g/mol. The molecule has 24 heavy (non-hydrogen) atoms. The summed E-state index contributed by atoms with van der Waals surface area (Å²) >= 11 is 0. The molecule has 2 aliphatic carbocycles. The first-order valence-electron chi connectivity index (χ1n) is 8.18. The van der Waals surface area contributed by atoms with Gasteiger partial charge in [-0.2, -0.15) is 5.10 Å². The normalized spacial score (nSPS) is 33.9. The Labute approximate surface area is 141 Å². The lowest BCUT2D eigenvalue weighted by atomic mass is 9.64. The molecule has 0 unspecified atom stereocenters. The Morgan fingerprint density at radius 2 is 2.00 bits per heavy atom. The van der Waals surface area contributed by atoms with Gasteiger partial charge in [0, 0.05) is 11.6 Å². The van der Waals surface area contributed by atoms with Crippen LogP contribution in [0.3, 0.4) is 0 Å². The largest absolute Gasteiger partial charge is 0.508 e. The third kappa shape index (κ3) is 2.05. The van der Waals surface area contributed by atoms with Crippen LogP contribution in [0.2, 0.25) is 0 Å². The maximum atomic E-state index is 12.8. The SMILES string of the molecule is CC1(C)[C@]2(C(=O)N/N=C\c3ccc(O)cc3O)CC[C@]1(C)[C@@H](O)C2. The molecule has 0 aromatic heterocycles. The van der Waals surface area contributed by atoms with E-state index in [4.69, 9.17) is 0 Å². The number of carbonyl (C=O) groups is 1. The smallest absolute Gasteiger partial charge is 0.246 e. The van der Waals surface area contributed by atoms with Crippen LogP contribution in [0.4, 0.5) is 0 Å². The van der Waals surface area contributed by atoms with Crippen molar-refractivity contribution in [3.05, 3.63) is 23.8 Å². The summed E-state index contributed by atoms with van der Waals surface area (Å²) in [6, 6.07) is 4.15. The molecule has 1 aromatic carbocycles. The van der Waals surface area contributed by atoms with Crippen LogP contribution < -0.4 is 5.43 Å². The van der Waals surface area contributed by atoms with Crippen LogP contribution in [0.25, 0.3) is 0 Å². The van der Waals surface area contributed by atoms with Crippen molar-refractivity contribution in [2.75, 3.05) is 0 Å². The van der Waals surface area contributed by atoms with Gasteiger partial charge in [0.05, 0.1) is 17.7 Å². The zero-order chi connectivity index (χ0) is 17.8. The third-order valence-corrected chi connectivity index (χ3v) is 6.79. The number of aliphatic hydroxyl groups is 1. The van der Waals surface area contributed by atoms with Crippen LogP contribution in [0.15, 0.2) is 23.3 Å². The summed E-state index contributed by atoms with van der Waals surface area (Å²) in [6.07, 6.45) is 2.85. The molecule has 1 amide bonds. The van der Waals surface area contributed by atoms with Crippen LogP contribution in [0.1, 0.15) is 45.6 Å². The van der Waals surface area contributed by atoms with E-state index in [9.17, 15) is 20.1 Å². The molecule has 0 radical (unpaired) electrons. The minimum atomic E-state index is -0.629. The lowest BCUT2D eigenvalue weighted by molar-refractivity contribution is -0.136. The molecule has 6 heteroatoms. The van der Waals surface area contributed by atoms with Crippen LogP contribution >= 0.6 is 0 Å². The van der Waals surface area contributed by atoms with Crippen LogP contribution in [0.5, 0.6) is 11.5 Å². The molecular formula is C18H24N2O4. The highest BCUT2D eigenvalue weighted by molar-refractivity contribution is 5.88. The maximum Gasteiger partial charge on any atom is 0.246 e. The summed E-state index contributed by atoms with van der Waals surface area (Å²) in [4.78, 5) is 12.8. The van der Waals surface area contributed by atoms with Crippen LogP contribution in [0, 0.1) is 16.2 Å². The van der Waals surface area contributed by atoms with Crippen LogP contribution in [-0.4, -0.2) is 33.5 Å². The minimum Gasteiger partial charge on any atom is -0.508 e. The second-order valence-corrected chi connectivity index (χ2v) is 7.79. The van der Waals surface area contributed by atoms with E-state index in [1.54, 1.807) is 0 Å². The van der Waals surface area contributed by atoms with E-state index in [-0.39, 0.29) is 28.2 Å². The van der Waals surface area contributed by atoms with Gasteiger partial charge in [0.2, 0.25) is 5.91 Å². The van der Waals surface area contributed by atoms with Crippen molar-refractivity contribution >= 4 is 12.1 Å². The first-order valence-corrected chi connectivity index (χ1v) is 8.18. The summed E-state index contributed by atoms with van der Waals surface area (Å²) in [5, 5.41) is 33.4. The predicted octanol–water partition coefficient (Wildman–Crippen LogP) is 2.13. The van der Waals surface area contributed by atoms with Crippen molar-refractivity contribution in [1.82, 2.24) is 5.43 Å². The summed E-state index contributed by atoms with van der Waals surface area (Å²) in [5.74, 6) is -0.349. The Balaban J connectivity index is 1.77. The zero-order valence-corrected chi connectivity index (χ0v) is 14.2. The number of aliphatic hydroxyl groups excluding tert-OH is 1. The van der Waals surface area contributed by atoms with Gasteiger partial charge in [0.15, 0.2) is 0 Å². The van der Waals surface area contributed by atoms with E-state index >= 15 is 0 Å². The average Bonchev–Trinajstić information content (AvgIpc) is 2.79. The quantitative estimate of drug-likeness (QED) is 0.503. The van der Waals surface area contributed by atoms with E-state index < -0.39 is 11.5 Å². The number of hydrazone groups is 1. The molecule has 0 spiro atoms. The zero-order valence-electron chi connectivity index (χ0n) is 14.2. The summed E-state index contributed by atoms with van der Waals surface area (Å²) in [5.41, 5.74) is 1.76. The number of rotatable bonds is 3. The topological polar surface area (TPSA) is 102 Å². The second-order valence-electron chi connectivity index (χ2n) is 7.79. The average molecular weight is 332 g/mol. The fourth-order valence-corrected chi connectivity index (χ4v) is 4.54. The molecule has 3 rings (SSSR count). The number of hydrogen-bond acceptors (Lipinski definition) is 5. The number of aromatic hydroxyl groups is 2. The van der Waals surface area contributed by atoms with E-state index in [1.807, 2.05) is 13.8 Å². The summed E-state index contributed by atoms with van der Waals surface area (Å²) in [7, 11) is 0. The highest BCUT2D eigenvalue weighted by atomic mass is 16.3. The number of hydrogen-bond donors (Lipinski definition) is 4. The summed E-state index contributed by atoms with van der Waals surface area (Å²) < 4.78 is 0. The number of carbonyl (C=O) groups excluding carboxylic acids is 1. The Bertz CT molecular complexity index is 715. The van der Waals surface area contributed by atoms with Crippen LogP contribution in [-0.2, 0) is 4.79 Å². The highest BCUT2D eigenvalue weighted by Crippen LogP contribution is 2.72. The molecule has 2 aliphatic rings. The monoisotopic (exact) mass is 332 g/mol. The third-order valence-electron chi connectivity index (χ3n) is 6.79. The minimum absolute atomic E-state index is 0.0421. The molecule has 0 saturated heterocycles. The van der Waals surface area contributed by atoms with E-state index in [0.29, 0.717) is 12.0 Å². The van der Waals surface area contributed by atoms with Gasteiger partial charge in [-0.1, -0.05) is 20.8 Å². The van der Waals surface area contributed by atoms with E-state index in [1.165, 1.54) is 24.4 Å². The maximum absolute atomic E-state index is 12.8. The first-order chi connectivity index (χ1) is 11.1. The number of nitrogens with one attached hydrogen (secondary N) is 1. The Morgan fingerprint density at radius 1 is 1.29 bits per heavy atom. The molecule has 4 N–H and O–H groups in total. The molecule has 3 atom stereocenters. The Kier molecular flexibility index (Phi) is 3.64. The van der Waals surface area contributed by atoms with Crippen molar-refractivity contribution in [3.63, 3.8) is 0 Å². The molecule has 2 fully saturated rings. The van der Waals surface area contributed by atoms with Crippen molar-refractivity contribution in [1.29, 1.82) is 0 Å².